The Kier molecular flexibility index (Phi) is 16.3. The molecule has 0 aliphatic heterocycles. The second-order valence-electron chi connectivity index (χ2n) is 7.99. The number of hydrogen-bond acceptors (Lipinski definition) is 4. The third-order valence-electron chi connectivity index (χ3n) is 5.16. The molecule has 6 N–H and O–H groups in total. The summed E-state index contributed by atoms with van der Waals surface area (Å²) < 4.78 is 0. The molecule has 0 spiro atoms. The summed E-state index contributed by atoms with van der Waals surface area (Å²) in [6.45, 7) is 4.43. The molecular weight excluding hydrogens is 328 g/mol. The van der Waals surface area contributed by atoms with Crippen molar-refractivity contribution in [3.8, 4) is 0 Å². The Balaban J connectivity index is 3.65. The van der Waals surface area contributed by atoms with E-state index in [2.05, 4.69) is 13.8 Å². The van der Waals surface area contributed by atoms with E-state index in [-0.39, 0.29) is 12.1 Å². The van der Waals surface area contributed by atoms with Crippen LogP contribution in [0.1, 0.15) is 104 Å². The van der Waals surface area contributed by atoms with Crippen molar-refractivity contribution in [3.63, 3.8) is 0 Å². The molecule has 0 aliphatic carbocycles. The van der Waals surface area contributed by atoms with Crippen LogP contribution in [-0.2, 0) is 0 Å². The van der Waals surface area contributed by atoms with Gasteiger partial charge in [0.05, 0.1) is 0 Å². The molecule has 0 bridgehead atoms. The van der Waals surface area contributed by atoms with Crippen LogP contribution in [-0.4, -0.2) is 30.2 Å². The lowest BCUT2D eigenvalue weighted by atomic mass is 10.0. The molecule has 0 saturated carbocycles. The Bertz CT molecular complexity index is 265. The highest BCUT2D eigenvalue weighted by Crippen LogP contribution is 2.19. The fraction of sp³-hybridized carbons (Fsp3) is 1.00. The van der Waals surface area contributed by atoms with E-state index in [4.69, 9.17) is 11.5 Å². The minimum atomic E-state index is -3.04. The second kappa shape index (κ2) is 16.2. The van der Waals surface area contributed by atoms with Gasteiger partial charge < -0.3 is 21.1 Å². The maximum Gasteiger partial charge on any atom is 0.332 e. The minimum absolute atomic E-state index is 0.221. The van der Waals surface area contributed by atoms with Crippen LogP contribution in [0.2, 0.25) is 12.1 Å². The van der Waals surface area contributed by atoms with Crippen molar-refractivity contribution in [1.82, 2.24) is 0 Å². The average molecular weight is 375 g/mol. The van der Waals surface area contributed by atoms with Gasteiger partial charge in [0.25, 0.3) is 0 Å². The molecule has 0 aliphatic rings. The van der Waals surface area contributed by atoms with Gasteiger partial charge >= 0.3 is 8.56 Å². The molecule has 2 atom stereocenters. The number of unbranched alkanes of at least 4 members (excludes halogenated alkanes) is 6. The first-order valence-corrected chi connectivity index (χ1v) is 13.2. The first-order valence-electron chi connectivity index (χ1n) is 10.9. The molecule has 4 nitrogen and oxygen atoms in total. The van der Waals surface area contributed by atoms with Gasteiger partial charge in [-0.05, 0) is 50.6 Å². The molecule has 0 saturated heterocycles. The predicted molar refractivity (Wildman–Crippen MR) is 112 cm³/mol. The van der Waals surface area contributed by atoms with Gasteiger partial charge in [0.1, 0.15) is 0 Å². The third kappa shape index (κ3) is 17.2. The maximum absolute atomic E-state index is 10.2. The Hall–Kier alpha value is 0.0569. The summed E-state index contributed by atoms with van der Waals surface area (Å²) in [5.74, 6) is 0. The zero-order valence-corrected chi connectivity index (χ0v) is 18.0. The molecule has 0 aromatic carbocycles. The van der Waals surface area contributed by atoms with Crippen LogP contribution >= 0.6 is 0 Å². The summed E-state index contributed by atoms with van der Waals surface area (Å²) in [4.78, 5) is 20.5. The van der Waals surface area contributed by atoms with E-state index in [0.717, 1.165) is 38.5 Å². The van der Waals surface area contributed by atoms with Crippen LogP contribution in [0, 0.1) is 0 Å². The monoisotopic (exact) mass is 374 g/mol. The highest BCUT2D eigenvalue weighted by Gasteiger charge is 2.28. The van der Waals surface area contributed by atoms with E-state index in [0.29, 0.717) is 12.1 Å². The van der Waals surface area contributed by atoms with E-state index in [1.54, 1.807) is 0 Å². The summed E-state index contributed by atoms with van der Waals surface area (Å²) in [6, 6.07) is 1.55. The van der Waals surface area contributed by atoms with Crippen molar-refractivity contribution in [2.24, 2.45) is 11.5 Å². The first kappa shape index (κ1) is 25.1. The minimum Gasteiger partial charge on any atom is -0.411 e. The van der Waals surface area contributed by atoms with Crippen LogP contribution in [0.5, 0.6) is 0 Å². The molecular formula is C20H46N2O2Si. The molecule has 2 unspecified atom stereocenters. The lowest BCUT2D eigenvalue weighted by Gasteiger charge is -2.20. The topological polar surface area (TPSA) is 92.5 Å². The van der Waals surface area contributed by atoms with Crippen LogP contribution < -0.4 is 11.5 Å². The molecule has 0 rings (SSSR count). The van der Waals surface area contributed by atoms with E-state index in [9.17, 15) is 9.59 Å². The van der Waals surface area contributed by atoms with Crippen LogP contribution in [0.25, 0.3) is 0 Å². The Morgan fingerprint density at radius 3 is 1.32 bits per heavy atom. The van der Waals surface area contributed by atoms with Crippen molar-refractivity contribution >= 4 is 8.56 Å². The standard InChI is InChI=1S/C20H46N2O2Si/c1-3-5-7-9-13-19(21)15-11-17-25(23,24)18-12-16-20(22)14-10-8-6-4-2/h19-20,23-24H,3-18,21-22H2,1-2H3. The summed E-state index contributed by atoms with van der Waals surface area (Å²) >= 11 is 0. The molecule has 25 heavy (non-hydrogen) atoms. The Morgan fingerprint density at radius 2 is 0.960 bits per heavy atom. The maximum atomic E-state index is 10.2. The van der Waals surface area contributed by atoms with Crippen molar-refractivity contribution in [2.45, 2.75) is 128 Å². The van der Waals surface area contributed by atoms with Gasteiger partial charge in [-0.1, -0.05) is 65.2 Å². The highest BCUT2D eigenvalue weighted by atomic mass is 28.4. The van der Waals surface area contributed by atoms with Crippen molar-refractivity contribution < 1.29 is 9.59 Å². The Labute approximate surface area is 158 Å². The lowest BCUT2D eigenvalue weighted by molar-refractivity contribution is 0.347. The Morgan fingerprint density at radius 1 is 0.600 bits per heavy atom. The van der Waals surface area contributed by atoms with E-state index in [1.165, 1.54) is 51.4 Å². The summed E-state index contributed by atoms with van der Waals surface area (Å²) in [5, 5.41) is 0. The largest absolute Gasteiger partial charge is 0.411 e. The molecule has 0 aromatic heterocycles. The molecule has 0 amide bonds. The molecule has 152 valence electrons. The fourth-order valence-electron chi connectivity index (χ4n) is 3.38. The summed E-state index contributed by atoms with van der Waals surface area (Å²) in [6.07, 6.45) is 15.7. The van der Waals surface area contributed by atoms with Gasteiger partial charge in [0, 0.05) is 12.1 Å². The molecule has 0 radical (unpaired) electrons. The normalized spacial score (nSPS) is 14.6. The van der Waals surface area contributed by atoms with Crippen molar-refractivity contribution in [2.75, 3.05) is 0 Å². The molecule has 0 heterocycles. The second-order valence-corrected chi connectivity index (χ2v) is 11.0. The van der Waals surface area contributed by atoms with Gasteiger partial charge in [-0.15, -0.1) is 0 Å². The highest BCUT2D eigenvalue weighted by molar-refractivity contribution is 6.64. The number of hydrogen-bond donors (Lipinski definition) is 4. The summed E-state index contributed by atoms with van der Waals surface area (Å²) in [7, 11) is -3.04. The van der Waals surface area contributed by atoms with Gasteiger partial charge in [-0.25, -0.2) is 0 Å². The van der Waals surface area contributed by atoms with Crippen LogP contribution in [0.4, 0.5) is 0 Å². The first-order chi connectivity index (χ1) is 11.9. The third-order valence-corrected chi connectivity index (χ3v) is 7.47. The van der Waals surface area contributed by atoms with Gasteiger partial charge in [-0.2, -0.15) is 0 Å². The number of rotatable bonds is 18. The van der Waals surface area contributed by atoms with Crippen LogP contribution in [0.15, 0.2) is 0 Å². The van der Waals surface area contributed by atoms with E-state index in [1.807, 2.05) is 0 Å². The molecule has 0 fully saturated rings. The quantitative estimate of drug-likeness (QED) is 0.209. The van der Waals surface area contributed by atoms with E-state index < -0.39 is 8.56 Å². The van der Waals surface area contributed by atoms with Gasteiger partial charge in [-0.3, -0.25) is 0 Å². The zero-order valence-electron chi connectivity index (χ0n) is 17.0. The smallest absolute Gasteiger partial charge is 0.332 e. The predicted octanol–water partition coefficient (Wildman–Crippen LogP) is 4.57. The van der Waals surface area contributed by atoms with Gasteiger partial charge in [0.15, 0.2) is 0 Å². The van der Waals surface area contributed by atoms with Crippen molar-refractivity contribution in [1.29, 1.82) is 0 Å². The molecule has 5 heteroatoms. The SMILES string of the molecule is CCCCCCC(N)CCC[Si](O)(O)CCCC(N)CCCCCC. The summed E-state index contributed by atoms with van der Waals surface area (Å²) in [5.41, 5.74) is 12.3. The molecule has 0 aromatic rings. The lowest BCUT2D eigenvalue weighted by Crippen LogP contribution is -2.35. The van der Waals surface area contributed by atoms with Crippen LogP contribution in [0.3, 0.4) is 0 Å². The fourth-order valence-corrected chi connectivity index (χ4v) is 5.17. The zero-order chi connectivity index (χ0) is 19.0. The number of nitrogens with two attached hydrogens (primary N) is 2. The average Bonchev–Trinajstić information content (AvgIpc) is 2.55. The van der Waals surface area contributed by atoms with Crippen molar-refractivity contribution in [3.05, 3.63) is 0 Å². The van der Waals surface area contributed by atoms with Gasteiger partial charge in [0.2, 0.25) is 0 Å². The van der Waals surface area contributed by atoms with E-state index >= 15 is 0 Å².